The van der Waals surface area contributed by atoms with Gasteiger partial charge in [-0.2, -0.15) is 0 Å². The van der Waals surface area contributed by atoms with E-state index in [-0.39, 0.29) is 24.4 Å². The molecule has 0 heterocycles. The fraction of sp³-hybridized carbons (Fsp3) is 0.542. The van der Waals surface area contributed by atoms with Crippen molar-refractivity contribution in [2.75, 3.05) is 41.5 Å². The van der Waals surface area contributed by atoms with Crippen LogP contribution >= 0.6 is 11.6 Å². The van der Waals surface area contributed by atoms with Gasteiger partial charge in [0.25, 0.3) is 0 Å². The number of ether oxygens (including phenoxy) is 3. The molecule has 6 nitrogen and oxygen atoms in total. The van der Waals surface area contributed by atoms with Crippen LogP contribution in [0.25, 0.3) is 0 Å². The molecule has 1 aromatic rings. The number of hydrogen-bond acceptors (Lipinski definition) is 5. The third-order valence-electron chi connectivity index (χ3n) is 6.11. The van der Waals surface area contributed by atoms with E-state index in [1.165, 1.54) is 0 Å². The summed E-state index contributed by atoms with van der Waals surface area (Å²) in [5.74, 6) is -0.211. The Morgan fingerprint density at radius 3 is 2.39 bits per heavy atom. The molecule has 1 aromatic carbocycles. The standard InChI is InChI=1S/C24H35ClN2O4/c1-7-14-27(15-8-2)23-20(10-9-13-24(23,30-5)31-6)26(3)22(28)17-18-11-12-21(29-4)19(25)16-18/h7-8,11-12,16,20,23H,1-2,9-10,13-15,17H2,3-6H3. The van der Waals surface area contributed by atoms with Crippen molar-refractivity contribution in [1.82, 2.24) is 9.80 Å². The Labute approximate surface area is 191 Å². The van der Waals surface area contributed by atoms with E-state index >= 15 is 0 Å². The van der Waals surface area contributed by atoms with Gasteiger partial charge in [0, 0.05) is 40.8 Å². The summed E-state index contributed by atoms with van der Waals surface area (Å²) in [7, 11) is 6.76. The summed E-state index contributed by atoms with van der Waals surface area (Å²) in [5, 5.41) is 0.493. The number of hydrogen-bond donors (Lipinski definition) is 0. The van der Waals surface area contributed by atoms with E-state index < -0.39 is 5.79 Å². The van der Waals surface area contributed by atoms with Crippen LogP contribution in [-0.2, 0) is 20.7 Å². The summed E-state index contributed by atoms with van der Waals surface area (Å²) < 4.78 is 17.1. The van der Waals surface area contributed by atoms with Gasteiger partial charge in [-0.1, -0.05) is 29.8 Å². The van der Waals surface area contributed by atoms with Crippen molar-refractivity contribution in [2.45, 2.75) is 43.6 Å². The number of halogens is 1. The summed E-state index contributed by atoms with van der Waals surface area (Å²) in [6, 6.07) is 5.17. The molecule has 0 radical (unpaired) electrons. The fourth-order valence-electron chi connectivity index (χ4n) is 4.55. The third-order valence-corrected chi connectivity index (χ3v) is 6.41. The van der Waals surface area contributed by atoms with E-state index in [1.807, 2.05) is 30.2 Å². The third kappa shape index (κ3) is 5.69. The minimum atomic E-state index is -0.813. The second-order valence-corrected chi connectivity index (χ2v) is 8.21. The Balaban J connectivity index is 2.32. The van der Waals surface area contributed by atoms with Gasteiger partial charge in [0.15, 0.2) is 5.79 Å². The van der Waals surface area contributed by atoms with Crippen molar-refractivity contribution in [3.63, 3.8) is 0 Å². The molecule has 0 aromatic heterocycles. The molecule has 1 aliphatic carbocycles. The summed E-state index contributed by atoms with van der Waals surface area (Å²) in [4.78, 5) is 17.3. The van der Waals surface area contributed by atoms with Gasteiger partial charge >= 0.3 is 0 Å². The minimum absolute atomic E-state index is 0.0106. The van der Waals surface area contributed by atoms with Gasteiger partial charge in [0.2, 0.25) is 5.91 Å². The Morgan fingerprint density at radius 2 is 1.87 bits per heavy atom. The topological polar surface area (TPSA) is 51.2 Å². The first kappa shape index (κ1) is 25.4. The van der Waals surface area contributed by atoms with Crippen LogP contribution in [0.1, 0.15) is 24.8 Å². The molecule has 2 unspecified atom stereocenters. The molecule has 2 rings (SSSR count). The highest BCUT2D eigenvalue weighted by Gasteiger charge is 2.51. The quantitative estimate of drug-likeness (QED) is 0.377. The molecule has 0 aliphatic heterocycles. The van der Waals surface area contributed by atoms with Crippen molar-refractivity contribution < 1.29 is 19.0 Å². The molecule has 0 N–H and O–H groups in total. The first-order chi connectivity index (χ1) is 14.9. The van der Waals surface area contributed by atoms with E-state index in [4.69, 9.17) is 25.8 Å². The molecule has 1 aliphatic rings. The zero-order valence-corrected chi connectivity index (χ0v) is 19.9. The van der Waals surface area contributed by atoms with Gasteiger partial charge in [-0.25, -0.2) is 0 Å². The van der Waals surface area contributed by atoms with Crippen LogP contribution in [-0.4, -0.2) is 75.0 Å². The number of likely N-dealkylation sites (N-methyl/N-ethyl adjacent to an activating group) is 1. The largest absolute Gasteiger partial charge is 0.495 e. The highest BCUT2D eigenvalue weighted by Crippen LogP contribution is 2.38. The normalized spacial score (nSPS) is 20.3. The van der Waals surface area contributed by atoms with Crippen LogP contribution in [0.15, 0.2) is 43.5 Å². The summed E-state index contributed by atoms with van der Waals surface area (Å²) in [6.07, 6.45) is 6.46. The van der Waals surface area contributed by atoms with Gasteiger partial charge in [0.05, 0.1) is 30.6 Å². The Morgan fingerprint density at radius 1 is 1.23 bits per heavy atom. The summed E-state index contributed by atoms with van der Waals surface area (Å²) >= 11 is 6.24. The zero-order valence-electron chi connectivity index (χ0n) is 19.1. The van der Waals surface area contributed by atoms with E-state index in [2.05, 4.69) is 18.1 Å². The van der Waals surface area contributed by atoms with Gasteiger partial charge < -0.3 is 19.1 Å². The SMILES string of the molecule is C=CCN(CC=C)C1C(N(C)C(=O)Cc2ccc(OC)c(Cl)c2)CCCC1(OC)OC. The van der Waals surface area contributed by atoms with E-state index in [1.54, 1.807) is 33.5 Å². The van der Waals surface area contributed by atoms with Crippen LogP contribution in [0.5, 0.6) is 5.75 Å². The summed E-state index contributed by atoms with van der Waals surface area (Å²) in [5.41, 5.74) is 0.841. The average Bonchev–Trinajstić information content (AvgIpc) is 2.78. The number of amides is 1. The Kier molecular flexibility index (Phi) is 9.56. The molecule has 0 spiro atoms. The van der Waals surface area contributed by atoms with Crippen LogP contribution in [0, 0.1) is 0 Å². The first-order valence-electron chi connectivity index (χ1n) is 10.5. The highest BCUT2D eigenvalue weighted by atomic mass is 35.5. The number of rotatable bonds is 11. The Hall–Kier alpha value is -1.86. The number of carbonyl (C=O) groups is 1. The van der Waals surface area contributed by atoms with Gasteiger partial charge in [-0.05, 0) is 30.5 Å². The maximum atomic E-state index is 13.3. The molecule has 1 fully saturated rings. The lowest BCUT2D eigenvalue weighted by molar-refractivity contribution is -0.266. The molecule has 7 heteroatoms. The average molecular weight is 451 g/mol. The van der Waals surface area contributed by atoms with Crippen LogP contribution in [0.4, 0.5) is 0 Å². The highest BCUT2D eigenvalue weighted by molar-refractivity contribution is 6.32. The molecular weight excluding hydrogens is 416 g/mol. The lowest BCUT2D eigenvalue weighted by Gasteiger charge is -2.52. The molecule has 31 heavy (non-hydrogen) atoms. The van der Waals surface area contributed by atoms with Crippen LogP contribution < -0.4 is 4.74 Å². The zero-order chi connectivity index (χ0) is 23.0. The predicted octanol–water partition coefficient (Wildman–Crippen LogP) is 3.93. The fourth-order valence-corrected chi connectivity index (χ4v) is 4.83. The number of methoxy groups -OCH3 is 3. The molecular formula is C24H35ClN2O4. The maximum Gasteiger partial charge on any atom is 0.227 e. The Bertz CT molecular complexity index is 756. The lowest BCUT2D eigenvalue weighted by atomic mass is 9.82. The van der Waals surface area contributed by atoms with E-state index in [0.717, 1.165) is 24.8 Å². The smallest absolute Gasteiger partial charge is 0.227 e. The number of benzene rings is 1. The molecule has 0 saturated heterocycles. The number of carbonyl (C=O) groups excluding carboxylic acids is 1. The molecule has 1 amide bonds. The van der Waals surface area contributed by atoms with Gasteiger partial charge in [-0.15, -0.1) is 13.2 Å². The minimum Gasteiger partial charge on any atom is -0.495 e. The van der Waals surface area contributed by atoms with Gasteiger partial charge in [-0.3, -0.25) is 9.69 Å². The van der Waals surface area contributed by atoms with Crippen molar-refractivity contribution in [3.05, 3.63) is 54.1 Å². The van der Waals surface area contributed by atoms with Crippen molar-refractivity contribution in [2.24, 2.45) is 0 Å². The van der Waals surface area contributed by atoms with Crippen molar-refractivity contribution >= 4 is 17.5 Å². The van der Waals surface area contributed by atoms with E-state index in [0.29, 0.717) is 23.9 Å². The molecule has 172 valence electrons. The predicted molar refractivity (Wildman–Crippen MR) is 125 cm³/mol. The molecule has 1 saturated carbocycles. The van der Waals surface area contributed by atoms with Crippen molar-refractivity contribution in [1.29, 1.82) is 0 Å². The van der Waals surface area contributed by atoms with Crippen molar-refractivity contribution in [3.8, 4) is 5.75 Å². The second-order valence-electron chi connectivity index (χ2n) is 7.81. The van der Waals surface area contributed by atoms with Crippen LogP contribution in [0.2, 0.25) is 5.02 Å². The first-order valence-corrected chi connectivity index (χ1v) is 10.9. The molecule has 2 atom stereocenters. The monoisotopic (exact) mass is 450 g/mol. The number of nitrogens with zero attached hydrogens (tertiary/aromatic N) is 2. The summed E-state index contributed by atoms with van der Waals surface area (Å²) in [6.45, 7) is 9.07. The maximum absolute atomic E-state index is 13.3. The van der Waals surface area contributed by atoms with E-state index in [9.17, 15) is 4.79 Å². The lowest BCUT2D eigenvalue weighted by Crippen LogP contribution is -2.66. The molecule has 0 bridgehead atoms. The van der Waals surface area contributed by atoms with Gasteiger partial charge in [0.1, 0.15) is 5.75 Å². The second kappa shape index (κ2) is 11.7. The van der Waals surface area contributed by atoms with Crippen LogP contribution in [0.3, 0.4) is 0 Å².